The molecule has 2 N–H and O–H groups in total. The van der Waals surface area contributed by atoms with Crippen LogP contribution in [0.25, 0.3) is 0 Å². The molecule has 0 amide bonds. The predicted molar refractivity (Wildman–Crippen MR) is 115 cm³/mol. The second-order valence-corrected chi connectivity index (χ2v) is 9.09. The van der Waals surface area contributed by atoms with Gasteiger partial charge in [-0.25, -0.2) is 0 Å². The Kier molecular flexibility index (Phi) is 8.42. The molecular formula is C21H36N4OS. The average molecular weight is 393 g/mol. The van der Waals surface area contributed by atoms with E-state index in [1.54, 1.807) is 0 Å². The molecule has 2 atom stereocenters. The van der Waals surface area contributed by atoms with Gasteiger partial charge < -0.3 is 20.3 Å². The summed E-state index contributed by atoms with van der Waals surface area (Å²) < 4.78 is 5.52. The molecule has 0 radical (unpaired) electrons. The number of ether oxygens (including phenoxy) is 1. The van der Waals surface area contributed by atoms with E-state index in [2.05, 4.69) is 46.9 Å². The Morgan fingerprint density at radius 1 is 1.37 bits per heavy atom. The van der Waals surface area contributed by atoms with Gasteiger partial charge in [-0.2, -0.15) is 0 Å². The van der Waals surface area contributed by atoms with Crippen molar-refractivity contribution >= 4 is 17.3 Å². The number of rotatable bonds is 8. The minimum Gasteiger partial charge on any atom is -0.381 e. The first-order chi connectivity index (χ1) is 13.2. The number of hydrogen-bond acceptors (Lipinski definition) is 4. The van der Waals surface area contributed by atoms with Crippen LogP contribution in [-0.2, 0) is 11.2 Å². The van der Waals surface area contributed by atoms with Crippen LogP contribution in [0.4, 0.5) is 0 Å². The van der Waals surface area contributed by atoms with Gasteiger partial charge in [0.25, 0.3) is 0 Å². The minimum atomic E-state index is 0.534. The van der Waals surface area contributed by atoms with Gasteiger partial charge in [0.05, 0.1) is 6.61 Å². The number of nitrogens with zero attached hydrogens (tertiary/aromatic N) is 2. The van der Waals surface area contributed by atoms with E-state index < -0.39 is 0 Å². The first-order valence-electron chi connectivity index (χ1n) is 10.6. The van der Waals surface area contributed by atoms with Gasteiger partial charge in [0.1, 0.15) is 0 Å². The van der Waals surface area contributed by atoms with Crippen molar-refractivity contribution in [1.82, 2.24) is 15.5 Å². The normalized spacial score (nSPS) is 23.5. The molecule has 1 aromatic rings. The Morgan fingerprint density at radius 3 is 2.89 bits per heavy atom. The molecule has 0 spiro atoms. The number of likely N-dealkylation sites (tertiary alicyclic amines) is 1. The molecule has 6 heteroatoms. The fourth-order valence-electron chi connectivity index (χ4n) is 3.95. The fourth-order valence-corrected chi connectivity index (χ4v) is 4.82. The quantitative estimate of drug-likeness (QED) is 0.527. The van der Waals surface area contributed by atoms with E-state index in [9.17, 15) is 0 Å². The van der Waals surface area contributed by atoms with E-state index in [0.717, 1.165) is 44.6 Å². The van der Waals surface area contributed by atoms with E-state index in [4.69, 9.17) is 9.73 Å². The summed E-state index contributed by atoms with van der Waals surface area (Å²) in [5, 5.41) is 9.26. The number of guanidine groups is 1. The third kappa shape index (κ3) is 7.09. The van der Waals surface area contributed by atoms with Gasteiger partial charge >= 0.3 is 0 Å². The van der Waals surface area contributed by atoms with Crippen LogP contribution in [0.15, 0.2) is 22.5 Å². The highest BCUT2D eigenvalue weighted by Crippen LogP contribution is 2.18. The Bertz CT molecular complexity index is 549. The van der Waals surface area contributed by atoms with Crippen molar-refractivity contribution in [3.63, 3.8) is 0 Å². The molecule has 152 valence electrons. The van der Waals surface area contributed by atoms with Crippen molar-refractivity contribution in [2.24, 2.45) is 16.8 Å². The van der Waals surface area contributed by atoms with Gasteiger partial charge in [-0.05, 0) is 55.9 Å². The molecule has 2 aliphatic rings. The van der Waals surface area contributed by atoms with Crippen LogP contribution in [0.1, 0.15) is 38.0 Å². The lowest BCUT2D eigenvalue weighted by Crippen LogP contribution is -2.49. The molecule has 27 heavy (non-hydrogen) atoms. The topological polar surface area (TPSA) is 48.9 Å². The molecule has 3 heterocycles. The highest BCUT2D eigenvalue weighted by molar-refractivity contribution is 7.09. The summed E-state index contributed by atoms with van der Waals surface area (Å²) in [5.41, 5.74) is 0. The zero-order valence-electron chi connectivity index (χ0n) is 17.0. The molecule has 2 fully saturated rings. The third-order valence-corrected chi connectivity index (χ3v) is 6.40. The average Bonchev–Trinajstić information content (AvgIpc) is 3.36. The van der Waals surface area contributed by atoms with Crippen molar-refractivity contribution in [3.8, 4) is 0 Å². The maximum Gasteiger partial charge on any atom is 0.191 e. The molecule has 0 aromatic carbocycles. The lowest BCUT2D eigenvalue weighted by Gasteiger charge is -2.34. The lowest BCUT2D eigenvalue weighted by atomic mass is 10.0. The smallest absolute Gasteiger partial charge is 0.191 e. The largest absolute Gasteiger partial charge is 0.381 e. The lowest BCUT2D eigenvalue weighted by molar-refractivity contribution is 0.150. The summed E-state index contributed by atoms with van der Waals surface area (Å²) in [7, 11) is 0. The molecule has 3 rings (SSSR count). The number of piperidine rings is 1. The van der Waals surface area contributed by atoms with Gasteiger partial charge in [-0.15, -0.1) is 11.3 Å². The molecule has 0 aliphatic carbocycles. The van der Waals surface area contributed by atoms with E-state index in [1.807, 2.05) is 11.3 Å². The van der Waals surface area contributed by atoms with Gasteiger partial charge in [0.15, 0.2) is 5.96 Å². The second kappa shape index (κ2) is 11.0. The Hall–Kier alpha value is -1.11. The van der Waals surface area contributed by atoms with Gasteiger partial charge in [0, 0.05) is 50.2 Å². The van der Waals surface area contributed by atoms with Crippen LogP contribution in [0, 0.1) is 11.8 Å². The molecule has 1 aromatic heterocycles. The zero-order chi connectivity index (χ0) is 18.9. The Balaban J connectivity index is 1.40. The van der Waals surface area contributed by atoms with E-state index in [-0.39, 0.29) is 0 Å². The monoisotopic (exact) mass is 392 g/mol. The Labute approximate surface area is 168 Å². The summed E-state index contributed by atoms with van der Waals surface area (Å²) in [6, 6.07) is 4.89. The summed E-state index contributed by atoms with van der Waals surface area (Å²) in [4.78, 5) is 8.93. The summed E-state index contributed by atoms with van der Waals surface area (Å²) >= 11 is 1.84. The highest BCUT2D eigenvalue weighted by atomic mass is 32.1. The highest BCUT2D eigenvalue weighted by Gasteiger charge is 2.24. The number of hydrogen-bond donors (Lipinski definition) is 2. The summed E-state index contributed by atoms with van der Waals surface area (Å²) in [5.74, 6) is 2.30. The third-order valence-electron chi connectivity index (χ3n) is 5.50. The van der Waals surface area contributed by atoms with Crippen LogP contribution in [0.3, 0.4) is 0 Å². The fraction of sp³-hybridized carbons (Fsp3) is 0.762. The van der Waals surface area contributed by atoms with Crippen LogP contribution in [-0.4, -0.2) is 62.8 Å². The van der Waals surface area contributed by atoms with Gasteiger partial charge in [-0.1, -0.05) is 13.0 Å². The number of thiophene rings is 1. The van der Waals surface area contributed by atoms with Crippen molar-refractivity contribution < 1.29 is 4.74 Å². The van der Waals surface area contributed by atoms with Gasteiger partial charge in [-0.3, -0.25) is 4.99 Å². The molecule has 2 aliphatic heterocycles. The maximum atomic E-state index is 5.52. The first kappa shape index (κ1) is 20.6. The van der Waals surface area contributed by atoms with Gasteiger partial charge in [0.2, 0.25) is 0 Å². The molecular weight excluding hydrogens is 356 g/mol. The van der Waals surface area contributed by atoms with Crippen LogP contribution >= 0.6 is 11.3 Å². The van der Waals surface area contributed by atoms with E-state index >= 15 is 0 Å². The van der Waals surface area contributed by atoms with E-state index in [0.29, 0.717) is 12.0 Å². The van der Waals surface area contributed by atoms with Crippen LogP contribution in [0.5, 0.6) is 0 Å². The van der Waals surface area contributed by atoms with Crippen LogP contribution < -0.4 is 10.6 Å². The number of aliphatic imine (C=N–C) groups is 1. The first-order valence-corrected chi connectivity index (χ1v) is 11.5. The molecule has 0 saturated carbocycles. The Morgan fingerprint density at radius 2 is 2.22 bits per heavy atom. The molecule has 5 nitrogen and oxygen atoms in total. The van der Waals surface area contributed by atoms with Crippen molar-refractivity contribution in [2.75, 3.05) is 45.9 Å². The standard InChI is InChI=1S/C21H36N4OS/c1-3-22-21(23-14-17(2)13-20-5-4-12-27-20)24-19-6-9-25(10-7-19)15-18-8-11-26-16-18/h4-5,12,17-19H,3,6-11,13-16H2,1-2H3,(H2,22,23,24). The number of nitrogens with one attached hydrogen (secondary N) is 2. The SMILES string of the molecule is CCNC(=NCC(C)Cc1cccs1)NC1CCN(CC2CCOC2)CC1. The van der Waals surface area contributed by atoms with Crippen LogP contribution in [0.2, 0.25) is 0 Å². The zero-order valence-corrected chi connectivity index (χ0v) is 17.8. The molecule has 2 unspecified atom stereocenters. The second-order valence-electron chi connectivity index (χ2n) is 8.06. The van der Waals surface area contributed by atoms with Crippen molar-refractivity contribution in [3.05, 3.63) is 22.4 Å². The minimum absolute atomic E-state index is 0.534. The van der Waals surface area contributed by atoms with Crippen molar-refractivity contribution in [2.45, 2.75) is 45.6 Å². The predicted octanol–water partition coefficient (Wildman–Crippen LogP) is 2.98. The molecule has 2 saturated heterocycles. The molecule has 0 bridgehead atoms. The van der Waals surface area contributed by atoms with E-state index in [1.165, 1.54) is 43.8 Å². The summed E-state index contributed by atoms with van der Waals surface area (Å²) in [6.07, 6.45) is 4.74. The summed E-state index contributed by atoms with van der Waals surface area (Å²) in [6.45, 7) is 11.7. The van der Waals surface area contributed by atoms with Crippen molar-refractivity contribution in [1.29, 1.82) is 0 Å². The maximum absolute atomic E-state index is 5.52.